The Morgan fingerprint density at radius 2 is 1.84 bits per heavy atom. The zero-order chi connectivity index (χ0) is 18.7. The van der Waals surface area contributed by atoms with Crippen molar-refractivity contribution in [3.63, 3.8) is 0 Å². The van der Waals surface area contributed by atoms with Crippen LogP contribution >= 0.6 is 11.6 Å². The Morgan fingerprint density at radius 3 is 2.44 bits per heavy atom. The lowest BCUT2D eigenvalue weighted by Gasteiger charge is -2.22. The fourth-order valence-corrected chi connectivity index (χ4v) is 2.16. The van der Waals surface area contributed by atoms with E-state index in [2.05, 4.69) is 4.74 Å². The van der Waals surface area contributed by atoms with Crippen LogP contribution in [0.4, 0.5) is 0 Å². The minimum Gasteiger partial charge on any atom is -0.484 e. The second-order valence-corrected chi connectivity index (χ2v) is 6.16. The summed E-state index contributed by atoms with van der Waals surface area (Å²) in [6.45, 7) is 5.15. The molecule has 0 radical (unpaired) electrons. The van der Waals surface area contributed by atoms with E-state index in [1.54, 1.807) is 29.2 Å². The van der Waals surface area contributed by atoms with Crippen molar-refractivity contribution < 1.29 is 23.8 Å². The van der Waals surface area contributed by atoms with Gasteiger partial charge in [-0.3, -0.25) is 9.59 Å². The van der Waals surface area contributed by atoms with Crippen LogP contribution in [0.3, 0.4) is 0 Å². The summed E-state index contributed by atoms with van der Waals surface area (Å²) in [6.07, 6.45) is 0.979. The van der Waals surface area contributed by atoms with Gasteiger partial charge in [0.2, 0.25) is 0 Å². The van der Waals surface area contributed by atoms with Gasteiger partial charge in [-0.25, -0.2) is 0 Å². The minimum absolute atomic E-state index is 0.103. The summed E-state index contributed by atoms with van der Waals surface area (Å²) in [6, 6.07) is 6.79. The standard InChI is InChI=1S/C18H26ClNO5/c1-14(2)24-12-4-10-20(11-9-18(22)23-3)17(21)13-25-16-7-5-15(19)6-8-16/h5-8,14H,4,9-13H2,1-3H3. The molecule has 6 nitrogen and oxygen atoms in total. The Kier molecular flexibility index (Phi) is 9.96. The van der Waals surface area contributed by atoms with Gasteiger partial charge in [0.25, 0.3) is 5.91 Å². The number of halogens is 1. The smallest absolute Gasteiger partial charge is 0.307 e. The van der Waals surface area contributed by atoms with Gasteiger partial charge in [0.15, 0.2) is 6.61 Å². The van der Waals surface area contributed by atoms with Gasteiger partial charge >= 0.3 is 5.97 Å². The number of rotatable bonds is 11. The average Bonchev–Trinajstić information content (AvgIpc) is 2.59. The summed E-state index contributed by atoms with van der Waals surface area (Å²) in [4.78, 5) is 25.3. The van der Waals surface area contributed by atoms with Crippen molar-refractivity contribution in [2.75, 3.05) is 33.4 Å². The molecule has 0 aromatic heterocycles. The third-order valence-corrected chi connectivity index (χ3v) is 3.62. The van der Waals surface area contributed by atoms with Gasteiger partial charge in [0.1, 0.15) is 5.75 Å². The van der Waals surface area contributed by atoms with E-state index in [-0.39, 0.29) is 37.6 Å². The normalized spacial score (nSPS) is 10.6. The molecule has 0 N–H and O–H groups in total. The topological polar surface area (TPSA) is 65.1 Å². The van der Waals surface area contributed by atoms with Crippen LogP contribution in [-0.4, -0.2) is 56.3 Å². The molecular formula is C18H26ClNO5. The Bertz CT molecular complexity index is 533. The van der Waals surface area contributed by atoms with E-state index < -0.39 is 0 Å². The summed E-state index contributed by atoms with van der Waals surface area (Å²) < 4.78 is 15.6. The van der Waals surface area contributed by atoms with Crippen LogP contribution in [0.15, 0.2) is 24.3 Å². The first kappa shape index (κ1) is 21.3. The number of ether oxygens (including phenoxy) is 3. The maximum absolute atomic E-state index is 12.4. The molecule has 0 heterocycles. The van der Waals surface area contributed by atoms with E-state index in [4.69, 9.17) is 21.1 Å². The van der Waals surface area contributed by atoms with Crippen molar-refractivity contribution in [3.8, 4) is 5.75 Å². The highest BCUT2D eigenvalue weighted by Crippen LogP contribution is 2.15. The second-order valence-electron chi connectivity index (χ2n) is 5.72. The molecule has 1 rings (SSSR count). The number of hydrogen-bond donors (Lipinski definition) is 0. The third kappa shape index (κ3) is 9.31. The van der Waals surface area contributed by atoms with Gasteiger partial charge in [-0.1, -0.05) is 11.6 Å². The molecule has 0 spiro atoms. The highest BCUT2D eigenvalue weighted by molar-refractivity contribution is 6.30. The van der Waals surface area contributed by atoms with E-state index in [0.29, 0.717) is 30.3 Å². The van der Waals surface area contributed by atoms with Crippen LogP contribution in [0, 0.1) is 0 Å². The van der Waals surface area contributed by atoms with Crippen LogP contribution in [0.5, 0.6) is 5.75 Å². The second kappa shape index (κ2) is 11.7. The monoisotopic (exact) mass is 371 g/mol. The van der Waals surface area contributed by atoms with Crippen molar-refractivity contribution in [1.29, 1.82) is 0 Å². The largest absolute Gasteiger partial charge is 0.484 e. The molecule has 0 aliphatic rings. The lowest BCUT2D eigenvalue weighted by atomic mass is 10.3. The van der Waals surface area contributed by atoms with Crippen LogP contribution in [0.2, 0.25) is 5.02 Å². The Balaban J connectivity index is 2.50. The van der Waals surface area contributed by atoms with Crippen molar-refractivity contribution in [3.05, 3.63) is 29.3 Å². The predicted molar refractivity (Wildman–Crippen MR) is 95.9 cm³/mol. The first-order valence-electron chi connectivity index (χ1n) is 8.27. The highest BCUT2D eigenvalue weighted by Gasteiger charge is 2.16. The molecule has 0 aliphatic carbocycles. The molecule has 0 unspecified atom stereocenters. The lowest BCUT2D eigenvalue weighted by Crippen LogP contribution is -2.37. The number of hydrogen-bond acceptors (Lipinski definition) is 5. The molecule has 1 amide bonds. The molecule has 0 aliphatic heterocycles. The predicted octanol–water partition coefficient (Wildman–Crippen LogP) is 2.93. The maximum atomic E-state index is 12.4. The Hall–Kier alpha value is -1.79. The molecule has 0 fully saturated rings. The van der Waals surface area contributed by atoms with E-state index in [9.17, 15) is 9.59 Å². The molecule has 0 atom stereocenters. The number of carbonyl (C=O) groups excluding carboxylic acids is 2. The highest BCUT2D eigenvalue weighted by atomic mass is 35.5. The summed E-state index contributed by atoms with van der Waals surface area (Å²) in [7, 11) is 1.33. The van der Waals surface area contributed by atoms with Gasteiger partial charge < -0.3 is 19.1 Å². The van der Waals surface area contributed by atoms with Crippen molar-refractivity contribution >= 4 is 23.5 Å². The zero-order valence-electron chi connectivity index (χ0n) is 15.0. The van der Waals surface area contributed by atoms with Crippen molar-refractivity contribution in [2.24, 2.45) is 0 Å². The van der Waals surface area contributed by atoms with Gasteiger partial charge in [0.05, 0.1) is 19.6 Å². The molecule has 1 aromatic rings. The molecule has 0 saturated heterocycles. The van der Waals surface area contributed by atoms with Gasteiger partial charge in [0, 0.05) is 24.7 Å². The number of amides is 1. The summed E-state index contributed by atoms with van der Waals surface area (Å²) in [5.41, 5.74) is 0. The summed E-state index contributed by atoms with van der Waals surface area (Å²) in [5, 5.41) is 0.600. The van der Waals surface area contributed by atoms with E-state index in [1.165, 1.54) is 7.11 Å². The number of benzene rings is 1. The average molecular weight is 372 g/mol. The van der Waals surface area contributed by atoms with E-state index in [0.717, 1.165) is 0 Å². The summed E-state index contributed by atoms with van der Waals surface area (Å²) >= 11 is 5.82. The zero-order valence-corrected chi connectivity index (χ0v) is 15.8. The molecular weight excluding hydrogens is 346 g/mol. The number of carbonyl (C=O) groups is 2. The van der Waals surface area contributed by atoms with E-state index >= 15 is 0 Å². The fraction of sp³-hybridized carbons (Fsp3) is 0.556. The molecule has 1 aromatic carbocycles. The molecule has 25 heavy (non-hydrogen) atoms. The van der Waals surface area contributed by atoms with Crippen LogP contribution < -0.4 is 4.74 Å². The van der Waals surface area contributed by atoms with Gasteiger partial charge in [-0.2, -0.15) is 0 Å². The SMILES string of the molecule is COC(=O)CCN(CCCOC(C)C)C(=O)COc1ccc(Cl)cc1. The molecule has 7 heteroatoms. The van der Waals surface area contributed by atoms with Crippen LogP contribution in [0.25, 0.3) is 0 Å². The van der Waals surface area contributed by atoms with Crippen molar-refractivity contribution in [1.82, 2.24) is 4.90 Å². The maximum Gasteiger partial charge on any atom is 0.307 e. The molecule has 140 valence electrons. The number of esters is 1. The Labute approximate surface area is 154 Å². The van der Waals surface area contributed by atoms with Gasteiger partial charge in [-0.15, -0.1) is 0 Å². The Morgan fingerprint density at radius 1 is 1.16 bits per heavy atom. The number of methoxy groups -OCH3 is 1. The summed E-state index contributed by atoms with van der Waals surface area (Å²) in [5.74, 6) is 0.0204. The first-order valence-corrected chi connectivity index (χ1v) is 8.64. The number of nitrogens with zero attached hydrogens (tertiary/aromatic N) is 1. The lowest BCUT2D eigenvalue weighted by molar-refractivity contribution is -0.142. The van der Waals surface area contributed by atoms with E-state index in [1.807, 2.05) is 13.8 Å². The van der Waals surface area contributed by atoms with Crippen molar-refractivity contribution in [2.45, 2.75) is 32.8 Å². The molecule has 0 bridgehead atoms. The third-order valence-electron chi connectivity index (χ3n) is 3.37. The fourth-order valence-electron chi connectivity index (χ4n) is 2.03. The first-order chi connectivity index (χ1) is 11.9. The van der Waals surface area contributed by atoms with Crippen LogP contribution in [-0.2, 0) is 19.1 Å². The van der Waals surface area contributed by atoms with Gasteiger partial charge in [-0.05, 0) is 44.5 Å². The molecule has 0 saturated carbocycles. The quantitative estimate of drug-likeness (QED) is 0.442. The minimum atomic E-state index is -0.352. The van der Waals surface area contributed by atoms with Crippen LogP contribution in [0.1, 0.15) is 26.7 Å².